The summed E-state index contributed by atoms with van der Waals surface area (Å²) in [5, 5.41) is 20.2. The van der Waals surface area contributed by atoms with Crippen LogP contribution in [0.25, 0.3) is 21.6 Å². The third kappa shape index (κ3) is 6.09. The molecule has 3 N–H and O–H groups in total. The lowest BCUT2D eigenvalue weighted by atomic mass is 10.1. The topological polar surface area (TPSA) is 191 Å². The molecule has 0 bridgehead atoms. The lowest BCUT2D eigenvalue weighted by Crippen LogP contribution is -2.40. The van der Waals surface area contributed by atoms with Crippen LogP contribution in [0.4, 0.5) is 5.82 Å². The van der Waals surface area contributed by atoms with E-state index in [2.05, 4.69) is 35.6 Å². The van der Waals surface area contributed by atoms with Gasteiger partial charge in [0.05, 0.1) is 20.5 Å². The van der Waals surface area contributed by atoms with Crippen molar-refractivity contribution >= 4 is 22.9 Å². The quantitative estimate of drug-likeness (QED) is 0.126. The van der Waals surface area contributed by atoms with Gasteiger partial charge in [-0.05, 0) is 35.2 Å². The first-order chi connectivity index (χ1) is 21.0. The number of amides is 1. The summed E-state index contributed by atoms with van der Waals surface area (Å²) in [6, 6.07) is 12.5. The second kappa shape index (κ2) is 13.2. The third-order valence-electron chi connectivity index (χ3n) is 7.01. The second-order valence-corrected chi connectivity index (χ2v) is 9.57. The zero-order valence-electron chi connectivity index (χ0n) is 23.7. The Labute approximate surface area is 246 Å². The minimum absolute atomic E-state index is 0.363. The van der Waals surface area contributed by atoms with Gasteiger partial charge in [-0.3, -0.25) is 9.36 Å². The van der Waals surface area contributed by atoms with E-state index in [1.165, 1.54) is 24.3 Å². The number of hydrogen-bond donors (Lipinski definition) is 3. The highest BCUT2D eigenvalue weighted by atomic mass is 16.5. The number of azide groups is 1. The van der Waals surface area contributed by atoms with E-state index < -0.39 is 30.4 Å². The van der Waals surface area contributed by atoms with Gasteiger partial charge in [0.2, 0.25) is 11.7 Å². The van der Waals surface area contributed by atoms with Gasteiger partial charge in [0.1, 0.15) is 31.2 Å². The molecule has 3 heterocycles. The van der Waals surface area contributed by atoms with E-state index in [1.54, 1.807) is 14.2 Å². The number of aliphatic hydroxyl groups excluding tert-OH is 1. The lowest BCUT2D eigenvalue weighted by molar-refractivity contribution is -0.134. The smallest absolute Gasteiger partial charge is 0.249 e. The zero-order chi connectivity index (χ0) is 30.3. The standard InChI is InChI=1S/C28H31N9O6/c1-30-27(39)24-20(35-36-29)22(38)28(43-24)37-15-34-21-25(32-14-33-26(21)37)31-10-9-17-11-18(40-2)23(19(12-17)41-3)42-13-16-7-5-4-6-8-16/h4-8,11-12,14-15,20,22,24,28,38H,9-10,13H2,1-3H3,(H,30,39)(H,31,32,33). The van der Waals surface area contributed by atoms with Crippen molar-refractivity contribution in [2.24, 2.45) is 5.11 Å². The predicted octanol–water partition coefficient (Wildman–Crippen LogP) is 2.76. The molecule has 0 saturated carbocycles. The van der Waals surface area contributed by atoms with Crippen LogP contribution < -0.4 is 24.8 Å². The Morgan fingerprint density at radius 1 is 1.14 bits per heavy atom. The minimum Gasteiger partial charge on any atom is -0.493 e. The van der Waals surface area contributed by atoms with Gasteiger partial charge in [-0.1, -0.05) is 35.4 Å². The lowest BCUT2D eigenvalue weighted by Gasteiger charge is -2.17. The van der Waals surface area contributed by atoms with Gasteiger partial charge in [-0.25, -0.2) is 15.0 Å². The number of methoxy groups -OCH3 is 2. The predicted molar refractivity (Wildman–Crippen MR) is 155 cm³/mol. The summed E-state index contributed by atoms with van der Waals surface area (Å²) in [7, 11) is 4.59. The van der Waals surface area contributed by atoms with Crippen LogP contribution in [-0.4, -0.2) is 76.6 Å². The van der Waals surface area contributed by atoms with Crippen LogP contribution >= 0.6 is 0 Å². The Bertz CT molecular complexity index is 1600. The monoisotopic (exact) mass is 589 g/mol. The van der Waals surface area contributed by atoms with E-state index in [-0.39, 0.29) is 0 Å². The summed E-state index contributed by atoms with van der Waals surface area (Å²) in [6.07, 6.45) is -0.177. The normalized spacial score (nSPS) is 19.4. The molecule has 43 heavy (non-hydrogen) atoms. The molecule has 2 aromatic carbocycles. The number of nitrogens with zero attached hydrogens (tertiary/aromatic N) is 7. The zero-order valence-corrected chi connectivity index (χ0v) is 23.7. The first kappa shape index (κ1) is 29.4. The molecule has 1 saturated heterocycles. The van der Waals surface area contributed by atoms with Crippen LogP contribution in [0.2, 0.25) is 0 Å². The average molecular weight is 590 g/mol. The Balaban J connectivity index is 1.30. The molecule has 4 atom stereocenters. The number of likely N-dealkylation sites (N-methyl/N-ethyl adjacent to an activating group) is 1. The fraction of sp³-hybridized carbons (Fsp3) is 0.357. The molecule has 1 amide bonds. The molecule has 15 heteroatoms. The number of nitrogens with one attached hydrogen (secondary N) is 2. The number of anilines is 1. The number of aromatic nitrogens is 4. The van der Waals surface area contributed by atoms with E-state index in [4.69, 9.17) is 24.5 Å². The Morgan fingerprint density at radius 3 is 2.56 bits per heavy atom. The second-order valence-electron chi connectivity index (χ2n) is 9.57. The molecule has 0 spiro atoms. The van der Waals surface area contributed by atoms with E-state index >= 15 is 0 Å². The van der Waals surface area contributed by atoms with Crippen LogP contribution in [-0.2, 0) is 22.6 Å². The van der Waals surface area contributed by atoms with Gasteiger partial charge in [-0.2, -0.15) is 0 Å². The maximum Gasteiger partial charge on any atom is 0.249 e. The summed E-state index contributed by atoms with van der Waals surface area (Å²) >= 11 is 0. The molecule has 1 fully saturated rings. The number of fused-ring (bicyclic) bond motifs is 1. The number of carbonyl (C=O) groups excluding carboxylic acids is 1. The average Bonchev–Trinajstić information content (AvgIpc) is 3.61. The van der Waals surface area contributed by atoms with Crippen molar-refractivity contribution in [3.05, 3.63) is 76.7 Å². The molecule has 5 rings (SSSR count). The van der Waals surface area contributed by atoms with Crippen molar-refractivity contribution in [3.8, 4) is 17.2 Å². The maximum absolute atomic E-state index is 12.3. The molecule has 4 aromatic rings. The highest BCUT2D eigenvalue weighted by molar-refractivity contribution is 5.83. The van der Waals surface area contributed by atoms with Gasteiger partial charge in [0, 0.05) is 18.5 Å². The van der Waals surface area contributed by atoms with Gasteiger partial charge in [0.15, 0.2) is 34.7 Å². The summed E-state index contributed by atoms with van der Waals surface area (Å²) in [4.78, 5) is 28.1. The van der Waals surface area contributed by atoms with Gasteiger partial charge in [0.25, 0.3) is 0 Å². The largest absolute Gasteiger partial charge is 0.493 e. The van der Waals surface area contributed by atoms with Crippen molar-refractivity contribution in [2.75, 3.05) is 33.1 Å². The molecule has 0 radical (unpaired) electrons. The van der Waals surface area contributed by atoms with Crippen molar-refractivity contribution in [1.29, 1.82) is 0 Å². The number of ether oxygens (including phenoxy) is 4. The highest BCUT2D eigenvalue weighted by Gasteiger charge is 2.48. The molecular formula is C28H31N9O6. The first-order valence-corrected chi connectivity index (χ1v) is 13.4. The highest BCUT2D eigenvalue weighted by Crippen LogP contribution is 2.39. The minimum atomic E-state index is -1.31. The van der Waals surface area contributed by atoms with Crippen LogP contribution in [0.3, 0.4) is 0 Å². The van der Waals surface area contributed by atoms with Crippen LogP contribution in [0, 0.1) is 0 Å². The number of imidazole rings is 1. The molecule has 2 aromatic heterocycles. The summed E-state index contributed by atoms with van der Waals surface area (Å²) in [5.74, 6) is 1.57. The Morgan fingerprint density at radius 2 is 1.88 bits per heavy atom. The fourth-order valence-electron chi connectivity index (χ4n) is 4.88. The van der Waals surface area contributed by atoms with Crippen molar-refractivity contribution in [1.82, 2.24) is 24.8 Å². The summed E-state index contributed by atoms with van der Waals surface area (Å²) in [6.45, 7) is 0.849. The molecule has 4 unspecified atom stereocenters. The molecule has 1 aliphatic heterocycles. The summed E-state index contributed by atoms with van der Waals surface area (Å²) < 4.78 is 24.5. The van der Waals surface area contributed by atoms with Crippen molar-refractivity contribution in [3.63, 3.8) is 0 Å². The Hall–Kier alpha value is -5.11. The van der Waals surface area contributed by atoms with Crippen molar-refractivity contribution in [2.45, 2.75) is 37.5 Å². The molecule has 224 valence electrons. The number of hydrogen-bond acceptors (Lipinski definition) is 11. The number of carbonyl (C=O) groups is 1. The SMILES string of the molecule is CNC(=O)C1OC(n2cnc3c(NCCc4cc(OC)c(OCc5ccccc5)c(OC)c4)ncnc32)C(O)C1N=[N+]=[N-]. The molecular weight excluding hydrogens is 558 g/mol. The number of benzene rings is 2. The molecule has 0 aliphatic carbocycles. The van der Waals surface area contributed by atoms with E-state index in [1.807, 2.05) is 42.5 Å². The number of rotatable bonds is 12. The maximum atomic E-state index is 12.3. The van der Waals surface area contributed by atoms with Crippen LogP contribution in [0.5, 0.6) is 17.2 Å². The van der Waals surface area contributed by atoms with Crippen LogP contribution in [0.1, 0.15) is 17.4 Å². The van der Waals surface area contributed by atoms with E-state index in [0.29, 0.717) is 53.8 Å². The molecule has 1 aliphatic rings. The van der Waals surface area contributed by atoms with Gasteiger partial charge >= 0.3 is 0 Å². The number of aliphatic hydroxyl groups is 1. The third-order valence-corrected chi connectivity index (χ3v) is 7.01. The summed E-state index contributed by atoms with van der Waals surface area (Å²) in [5.41, 5.74) is 11.7. The fourth-order valence-corrected chi connectivity index (χ4v) is 4.88. The first-order valence-electron chi connectivity index (χ1n) is 13.4. The molecule has 15 nitrogen and oxygen atoms in total. The Kier molecular flexibility index (Phi) is 9.05. The van der Waals surface area contributed by atoms with Crippen molar-refractivity contribution < 1.29 is 28.8 Å². The van der Waals surface area contributed by atoms with E-state index in [0.717, 1.165) is 11.1 Å². The van der Waals surface area contributed by atoms with Crippen LogP contribution in [0.15, 0.2) is 60.2 Å². The van der Waals surface area contributed by atoms with Gasteiger partial charge in [-0.15, -0.1) is 0 Å². The van der Waals surface area contributed by atoms with Gasteiger partial charge < -0.3 is 34.7 Å². The van der Waals surface area contributed by atoms with E-state index in [9.17, 15) is 9.90 Å².